The summed E-state index contributed by atoms with van der Waals surface area (Å²) in [6, 6.07) is 16.3. The molecular weight excluding hydrogens is 498 g/mol. The van der Waals surface area contributed by atoms with Crippen molar-refractivity contribution in [1.29, 1.82) is 0 Å². The second-order valence-corrected chi connectivity index (χ2v) is 9.69. The van der Waals surface area contributed by atoms with Crippen LogP contribution in [0.4, 0.5) is 9.59 Å². The van der Waals surface area contributed by atoms with E-state index >= 15 is 0 Å². The number of nitrogens with one attached hydrogen (secondary N) is 3. The smallest absolute Gasteiger partial charge is 0.407 e. The Morgan fingerprint density at radius 3 is 1.74 bits per heavy atom. The van der Waals surface area contributed by atoms with Crippen molar-refractivity contribution in [1.82, 2.24) is 16.0 Å². The fraction of sp³-hybridized carbons (Fsp3) is 0.467. The molecule has 2 aromatic rings. The maximum atomic E-state index is 11.6. The predicted molar refractivity (Wildman–Crippen MR) is 153 cm³/mol. The fourth-order valence-corrected chi connectivity index (χ4v) is 3.68. The van der Waals surface area contributed by atoms with Crippen molar-refractivity contribution in [2.75, 3.05) is 32.8 Å². The maximum Gasteiger partial charge on any atom is 0.407 e. The fourth-order valence-electron chi connectivity index (χ4n) is 3.68. The highest BCUT2D eigenvalue weighted by Crippen LogP contribution is 2.44. The third-order valence-corrected chi connectivity index (χ3v) is 5.17. The first kappa shape index (κ1) is 33.3. The van der Waals surface area contributed by atoms with Crippen LogP contribution in [0, 0.1) is 0 Å². The molecule has 214 valence electrons. The van der Waals surface area contributed by atoms with E-state index in [1.807, 2.05) is 38.1 Å². The summed E-state index contributed by atoms with van der Waals surface area (Å²) in [5, 5.41) is 7.90. The summed E-state index contributed by atoms with van der Waals surface area (Å²) in [5.74, 6) is 0.0104. The molecule has 1 aliphatic carbocycles. The lowest BCUT2D eigenvalue weighted by atomic mass is 9.98. The van der Waals surface area contributed by atoms with Gasteiger partial charge in [-0.05, 0) is 56.9 Å². The highest BCUT2D eigenvalue weighted by atomic mass is 16.6. The molecule has 0 aromatic heterocycles. The minimum atomic E-state index is -0.558. The van der Waals surface area contributed by atoms with E-state index in [0.29, 0.717) is 19.6 Å². The second kappa shape index (κ2) is 17.0. The lowest BCUT2D eigenvalue weighted by Crippen LogP contribution is -2.37. The third kappa shape index (κ3) is 12.6. The van der Waals surface area contributed by atoms with Crippen molar-refractivity contribution in [3.8, 4) is 11.1 Å². The van der Waals surface area contributed by atoms with E-state index in [4.69, 9.17) is 9.47 Å². The molecule has 0 saturated carbocycles. The van der Waals surface area contributed by atoms with Gasteiger partial charge in [0.1, 0.15) is 23.8 Å². The van der Waals surface area contributed by atoms with Gasteiger partial charge in [-0.15, -0.1) is 0 Å². The molecule has 1 aliphatic rings. The molecule has 0 heterocycles. The molecular formula is C30H43N3O6. The number of benzene rings is 2. The number of ether oxygens (including phenoxy) is 2. The molecule has 2 aromatic carbocycles. The highest BCUT2D eigenvalue weighted by molar-refractivity contribution is 5.82. The summed E-state index contributed by atoms with van der Waals surface area (Å²) in [5.41, 5.74) is 4.24. The first-order valence-corrected chi connectivity index (χ1v) is 13.2. The molecule has 39 heavy (non-hydrogen) atoms. The Labute approximate surface area is 232 Å². The van der Waals surface area contributed by atoms with Gasteiger partial charge in [0.2, 0.25) is 0 Å². The van der Waals surface area contributed by atoms with E-state index in [9.17, 15) is 19.2 Å². The van der Waals surface area contributed by atoms with Crippen LogP contribution >= 0.6 is 0 Å². The van der Waals surface area contributed by atoms with Gasteiger partial charge < -0.3 is 25.4 Å². The largest absolute Gasteiger partial charge is 0.449 e. The lowest BCUT2D eigenvalue weighted by Gasteiger charge is -2.19. The minimum Gasteiger partial charge on any atom is -0.449 e. The molecule has 3 rings (SSSR count). The number of alkyl carbamates (subject to hydrolysis) is 2. The van der Waals surface area contributed by atoms with Crippen LogP contribution in [0.15, 0.2) is 48.5 Å². The molecule has 0 bridgehead atoms. The van der Waals surface area contributed by atoms with Crippen molar-refractivity contribution in [2.45, 2.75) is 60.0 Å². The van der Waals surface area contributed by atoms with Crippen LogP contribution in [-0.2, 0) is 19.1 Å². The quantitative estimate of drug-likeness (QED) is 0.389. The van der Waals surface area contributed by atoms with Gasteiger partial charge in [-0.25, -0.2) is 9.59 Å². The van der Waals surface area contributed by atoms with E-state index in [0.717, 1.165) is 0 Å². The summed E-state index contributed by atoms with van der Waals surface area (Å²) in [7, 11) is 0. The normalized spacial score (nSPS) is 11.4. The van der Waals surface area contributed by atoms with E-state index in [1.54, 1.807) is 20.8 Å². The Kier molecular flexibility index (Phi) is 14.5. The Bertz CT molecular complexity index is 1050. The Balaban J connectivity index is 0.000000394. The second-order valence-electron chi connectivity index (χ2n) is 9.69. The number of hydrogen-bond acceptors (Lipinski definition) is 7. The number of carbonyl (C=O) groups is 4. The van der Waals surface area contributed by atoms with Gasteiger partial charge in [-0.1, -0.05) is 62.4 Å². The van der Waals surface area contributed by atoms with Gasteiger partial charge >= 0.3 is 12.2 Å². The van der Waals surface area contributed by atoms with E-state index < -0.39 is 17.8 Å². The van der Waals surface area contributed by atoms with Gasteiger partial charge in [-0.3, -0.25) is 9.59 Å². The number of fused-ring (bicyclic) bond motifs is 3. The molecule has 9 nitrogen and oxygen atoms in total. The number of carbonyl (C=O) groups excluding carboxylic acids is 4. The molecule has 0 unspecified atom stereocenters. The minimum absolute atomic E-state index is 0.00330. The van der Waals surface area contributed by atoms with Gasteiger partial charge in [0.15, 0.2) is 0 Å². The Hall–Kier alpha value is -3.72. The van der Waals surface area contributed by atoms with Crippen LogP contribution in [0.5, 0.6) is 0 Å². The highest BCUT2D eigenvalue weighted by Gasteiger charge is 2.28. The molecule has 0 aliphatic heterocycles. The molecule has 3 N–H and O–H groups in total. The number of Topliss-reactive ketones (excluding diaryl/α,β-unsaturated/α-hetero) is 2. The van der Waals surface area contributed by atoms with Crippen LogP contribution in [-0.4, -0.2) is 62.1 Å². The SMILES string of the molecule is CC.CC(=O)CNC(=O)OCC1c2ccccc2-c2ccccc21.CC(=O)CNCCNC(=O)OC(C)(C)C. The van der Waals surface area contributed by atoms with Crippen molar-refractivity contribution < 1.29 is 28.7 Å². The van der Waals surface area contributed by atoms with Crippen LogP contribution < -0.4 is 16.0 Å². The van der Waals surface area contributed by atoms with Crippen LogP contribution in [0.2, 0.25) is 0 Å². The van der Waals surface area contributed by atoms with Crippen molar-refractivity contribution in [3.05, 3.63) is 59.7 Å². The maximum absolute atomic E-state index is 11.6. The topological polar surface area (TPSA) is 123 Å². The zero-order valence-electron chi connectivity index (χ0n) is 24.2. The predicted octanol–water partition coefficient (Wildman–Crippen LogP) is 4.83. The molecule has 0 atom stereocenters. The third-order valence-electron chi connectivity index (χ3n) is 5.17. The van der Waals surface area contributed by atoms with Crippen LogP contribution in [0.25, 0.3) is 11.1 Å². The van der Waals surface area contributed by atoms with E-state index in [1.165, 1.54) is 36.1 Å². The average molecular weight is 542 g/mol. The number of ketones is 2. The molecule has 2 amide bonds. The number of rotatable bonds is 9. The molecule has 0 fully saturated rings. The molecule has 9 heteroatoms. The zero-order chi connectivity index (χ0) is 29.4. The van der Waals surface area contributed by atoms with E-state index in [-0.39, 0.29) is 30.6 Å². The van der Waals surface area contributed by atoms with Crippen molar-refractivity contribution >= 4 is 23.8 Å². The summed E-state index contributed by atoms with van der Waals surface area (Å²) >= 11 is 0. The monoisotopic (exact) mass is 541 g/mol. The van der Waals surface area contributed by atoms with Crippen LogP contribution in [0.3, 0.4) is 0 Å². The zero-order valence-corrected chi connectivity index (χ0v) is 24.2. The van der Waals surface area contributed by atoms with Gasteiger partial charge in [0.25, 0.3) is 0 Å². The standard InChI is InChI=1S/C18H17NO3.C10H20N2O3.C2H6/c1-12(20)10-19-18(21)22-11-17-15-8-4-2-6-13(15)14-7-3-5-9-16(14)17;1-8(13)7-11-5-6-12-9(14)15-10(2,3)4;1-2/h2-9,17H,10-11H2,1H3,(H,19,21);11H,5-7H2,1-4H3,(H,12,14);1-2H3. The molecule has 0 saturated heterocycles. The Morgan fingerprint density at radius 1 is 0.744 bits per heavy atom. The first-order valence-electron chi connectivity index (χ1n) is 13.2. The summed E-state index contributed by atoms with van der Waals surface area (Å²) < 4.78 is 10.3. The van der Waals surface area contributed by atoms with E-state index in [2.05, 4.69) is 40.2 Å². The summed E-state index contributed by atoms with van der Waals surface area (Å²) in [6.45, 7) is 13.9. The van der Waals surface area contributed by atoms with Gasteiger partial charge in [0, 0.05) is 19.0 Å². The lowest BCUT2D eigenvalue weighted by molar-refractivity contribution is -0.117. The molecule has 0 radical (unpaired) electrons. The average Bonchev–Trinajstić information content (AvgIpc) is 3.20. The first-order chi connectivity index (χ1) is 18.5. The Morgan fingerprint density at radius 2 is 1.26 bits per heavy atom. The molecule has 0 spiro atoms. The van der Waals surface area contributed by atoms with Gasteiger partial charge in [-0.2, -0.15) is 0 Å². The number of amides is 2. The summed E-state index contributed by atoms with van der Waals surface area (Å²) in [4.78, 5) is 44.2. The van der Waals surface area contributed by atoms with Gasteiger partial charge in [0.05, 0.1) is 13.1 Å². The van der Waals surface area contributed by atoms with Crippen molar-refractivity contribution in [3.63, 3.8) is 0 Å². The number of hydrogen-bond donors (Lipinski definition) is 3. The summed E-state index contributed by atoms with van der Waals surface area (Å²) in [6.07, 6.45) is -0.996. The van der Waals surface area contributed by atoms with Crippen molar-refractivity contribution in [2.24, 2.45) is 0 Å². The van der Waals surface area contributed by atoms with Crippen LogP contribution in [0.1, 0.15) is 65.5 Å².